The van der Waals surface area contributed by atoms with Crippen molar-refractivity contribution in [3.05, 3.63) is 29.3 Å². The second-order valence-corrected chi connectivity index (χ2v) is 3.70. The highest BCUT2D eigenvalue weighted by molar-refractivity contribution is 5.43. The topological polar surface area (TPSA) is 40.5 Å². The summed E-state index contributed by atoms with van der Waals surface area (Å²) in [5.74, 6) is -0.265. The van der Waals surface area contributed by atoms with Crippen LogP contribution in [0, 0.1) is 0 Å². The van der Waals surface area contributed by atoms with Gasteiger partial charge < -0.3 is 10.2 Å². The van der Waals surface area contributed by atoms with Gasteiger partial charge in [-0.25, -0.2) is 0 Å². The first-order chi connectivity index (χ1) is 6.84. The van der Waals surface area contributed by atoms with Crippen molar-refractivity contribution in [2.24, 2.45) is 0 Å². The maximum atomic E-state index is 12.6. The van der Waals surface area contributed by atoms with Crippen LogP contribution >= 0.6 is 0 Å². The van der Waals surface area contributed by atoms with Crippen LogP contribution < -0.4 is 0 Å². The second-order valence-electron chi connectivity index (χ2n) is 3.70. The van der Waals surface area contributed by atoms with Gasteiger partial charge in [-0.2, -0.15) is 13.2 Å². The fraction of sp³-hybridized carbons (Fsp3) is 0.400. The summed E-state index contributed by atoms with van der Waals surface area (Å²) in [6.07, 6.45) is -4.91. The van der Waals surface area contributed by atoms with Gasteiger partial charge in [0, 0.05) is 0 Å². The minimum absolute atomic E-state index is 0.172. The number of alkyl halides is 3. The lowest BCUT2D eigenvalue weighted by Gasteiger charge is -2.26. The van der Waals surface area contributed by atoms with Crippen LogP contribution in [0.15, 0.2) is 18.2 Å². The summed E-state index contributed by atoms with van der Waals surface area (Å²) in [6, 6.07) is 3.71. The molecule has 0 fully saturated rings. The number of hydrogen-bond acceptors (Lipinski definition) is 2. The Kier molecular flexibility index (Phi) is 1.98. The molecule has 1 aliphatic carbocycles. The predicted molar refractivity (Wildman–Crippen MR) is 46.4 cm³/mol. The molecule has 15 heavy (non-hydrogen) atoms. The van der Waals surface area contributed by atoms with Crippen molar-refractivity contribution < 1.29 is 23.4 Å². The zero-order valence-corrected chi connectivity index (χ0v) is 7.67. The highest BCUT2D eigenvalue weighted by Crippen LogP contribution is 2.48. The number of aromatic hydroxyl groups is 1. The molecule has 0 radical (unpaired) electrons. The highest BCUT2D eigenvalue weighted by atomic mass is 19.4. The molecule has 0 saturated carbocycles. The van der Waals surface area contributed by atoms with Crippen LogP contribution in [0.5, 0.6) is 5.75 Å². The van der Waals surface area contributed by atoms with Gasteiger partial charge in [-0.15, -0.1) is 0 Å². The number of rotatable bonds is 0. The molecular weight excluding hydrogens is 209 g/mol. The normalized spacial score (nSPS) is 25.3. The van der Waals surface area contributed by atoms with E-state index in [0.717, 1.165) is 6.07 Å². The first kappa shape index (κ1) is 10.3. The largest absolute Gasteiger partial charge is 0.508 e. The number of aryl methyl sites for hydroxylation is 1. The zero-order chi connectivity index (χ0) is 11.3. The molecule has 1 unspecified atom stereocenters. The lowest BCUT2D eigenvalue weighted by Crippen LogP contribution is -2.40. The van der Waals surface area contributed by atoms with Crippen LogP contribution in [0.2, 0.25) is 0 Å². The van der Waals surface area contributed by atoms with E-state index in [2.05, 4.69) is 0 Å². The van der Waals surface area contributed by atoms with Gasteiger partial charge in [-0.3, -0.25) is 0 Å². The molecule has 0 aromatic heterocycles. The molecule has 1 atom stereocenters. The van der Waals surface area contributed by atoms with Crippen molar-refractivity contribution in [3.8, 4) is 5.75 Å². The summed E-state index contributed by atoms with van der Waals surface area (Å²) in [4.78, 5) is 0. The van der Waals surface area contributed by atoms with Crippen LogP contribution in [0.3, 0.4) is 0 Å². The third kappa shape index (κ3) is 1.38. The van der Waals surface area contributed by atoms with Gasteiger partial charge in [0.15, 0.2) is 5.60 Å². The Hall–Kier alpha value is -1.23. The molecule has 5 heteroatoms. The smallest absolute Gasteiger partial charge is 0.421 e. The Morgan fingerprint density at radius 1 is 1.27 bits per heavy atom. The van der Waals surface area contributed by atoms with Crippen LogP contribution in [-0.2, 0) is 12.0 Å². The van der Waals surface area contributed by atoms with E-state index >= 15 is 0 Å². The van der Waals surface area contributed by atoms with E-state index in [9.17, 15) is 18.3 Å². The van der Waals surface area contributed by atoms with E-state index in [0.29, 0.717) is 5.56 Å². The van der Waals surface area contributed by atoms with Gasteiger partial charge in [0.2, 0.25) is 0 Å². The number of aliphatic hydroxyl groups is 1. The molecular formula is C10H9F3O2. The Morgan fingerprint density at radius 3 is 2.53 bits per heavy atom. The van der Waals surface area contributed by atoms with E-state index in [1.54, 1.807) is 0 Å². The number of fused-ring (bicyclic) bond motifs is 1. The maximum Gasteiger partial charge on any atom is 0.421 e. The Balaban J connectivity index is 2.56. The second kappa shape index (κ2) is 2.88. The predicted octanol–water partition coefficient (Wildman–Crippen LogP) is 2.09. The molecule has 1 aliphatic rings. The molecule has 2 nitrogen and oxygen atoms in total. The average Bonchev–Trinajstić information content (AvgIpc) is 2.44. The zero-order valence-electron chi connectivity index (χ0n) is 7.67. The van der Waals surface area contributed by atoms with Gasteiger partial charge in [0.05, 0.1) is 0 Å². The molecule has 0 amide bonds. The Bertz CT molecular complexity index is 400. The first-order valence-corrected chi connectivity index (χ1v) is 4.46. The van der Waals surface area contributed by atoms with Gasteiger partial charge in [0.25, 0.3) is 0 Å². The summed E-state index contributed by atoms with van der Waals surface area (Å²) < 4.78 is 37.9. The molecule has 0 aliphatic heterocycles. The lowest BCUT2D eigenvalue weighted by molar-refractivity contribution is -0.265. The van der Waals surface area contributed by atoms with Crippen LogP contribution in [0.4, 0.5) is 13.2 Å². The van der Waals surface area contributed by atoms with Crippen molar-refractivity contribution >= 4 is 0 Å². The van der Waals surface area contributed by atoms with Crippen molar-refractivity contribution in [3.63, 3.8) is 0 Å². The van der Waals surface area contributed by atoms with E-state index in [-0.39, 0.29) is 24.2 Å². The third-order valence-corrected chi connectivity index (χ3v) is 2.76. The summed E-state index contributed by atoms with van der Waals surface area (Å²) in [5.41, 5.74) is -2.59. The molecule has 0 heterocycles. The minimum atomic E-state index is -4.70. The van der Waals surface area contributed by atoms with Crippen molar-refractivity contribution in [1.82, 2.24) is 0 Å². The van der Waals surface area contributed by atoms with Gasteiger partial charge >= 0.3 is 6.18 Å². The van der Waals surface area contributed by atoms with Crippen molar-refractivity contribution in [2.45, 2.75) is 24.6 Å². The fourth-order valence-corrected chi connectivity index (χ4v) is 1.91. The summed E-state index contributed by atoms with van der Waals surface area (Å²) in [5, 5.41) is 18.7. The Morgan fingerprint density at radius 2 is 1.93 bits per heavy atom. The summed E-state index contributed by atoms with van der Waals surface area (Å²) >= 11 is 0. The molecule has 1 aromatic carbocycles. The van der Waals surface area contributed by atoms with E-state index in [4.69, 9.17) is 5.11 Å². The number of halogens is 3. The van der Waals surface area contributed by atoms with E-state index in [1.165, 1.54) is 12.1 Å². The molecule has 2 N–H and O–H groups in total. The standard InChI is InChI=1S/C10H9F3O2/c11-10(12,13)9(15)4-3-6-1-2-7(14)5-8(6)9/h1-2,5,14-15H,3-4H2. The van der Waals surface area contributed by atoms with Crippen LogP contribution in [0.25, 0.3) is 0 Å². The molecule has 1 aromatic rings. The maximum absolute atomic E-state index is 12.6. The van der Waals surface area contributed by atoms with E-state index < -0.39 is 11.8 Å². The van der Waals surface area contributed by atoms with Gasteiger partial charge in [-0.05, 0) is 36.1 Å². The number of benzene rings is 1. The quantitative estimate of drug-likeness (QED) is 0.700. The Labute approximate surface area is 84.0 Å². The number of phenolic OH excluding ortho intramolecular Hbond substituents is 1. The van der Waals surface area contributed by atoms with Crippen LogP contribution in [0.1, 0.15) is 17.5 Å². The van der Waals surface area contributed by atoms with Crippen LogP contribution in [-0.4, -0.2) is 16.4 Å². The first-order valence-electron chi connectivity index (χ1n) is 4.46. The fourth-order valence-electron chi connectivity index (χ4n) is 1.91. The average molecular weight is 218 g/mol. The molecule has 82 valence electrons. The SMILES string of the molecule is Oc1ccc2c(c1)C(O)(C(F)(F)F)CC2. The molecule has 0 spiro atoms. The number of phenols is 1. The van der Waals surface area contributed by atoms with Gasteiger partial charge in [-0.1, -0.05) is 6.07 Å². The summed E-state index contributed by atoms with van der Waals surface area (Å²) in [7, 11) is 0. The monoisotopic (exact) mass is 218 g/mol. The number of hydrogen-bond donors (Lipinski definition) is 2. The molecule has 0 bridgehead atoms. The minimum Gasteiger partial charge on any atom is -0.508 e. The van der Waals surface area contributed by atoms with Gasteiger partial charge in [0.1, 0.15) is 5.75 Å². The molecule has 2 rings (SSSR count). The summed E-state index contributed by atoms with van der Waals surface area (Å²) in [6.45, 7) is 0. The van der Waals surface area contributed by atoms with Crippen molar-refractivity contribution in [2.75, 3.05) is 0 Å². The van der Waals surface area contributed by atoms with E-state index in [1.807, 2.05) is 0 Å². The third-order valence-electron chi connectivity index (χ3n) is 2.76. The lowest BCUT2D eigenvalue weighted by atomic mass is 9.95. The van der Waals surface area contributed by atoms with Crippen molar-refractivity contribution in [1.29, 1.82) is 0 Å². The molecule has 0 saturated heterocycles. The highest BCUT2D eigenvalue weighted by Gasteiger charge is 2.57.